The number of aromatic nitrogens is 2. The summed E-state index contributed by atoms with van der Waals surface area (Å²) in [4.78, 5) is 43.6. The lowest BCUT2D eigenvalue weighted by Gasteiger charge is -2.14. The summed E-state index contributed by atoms with van der Waals surface area (Å²) in [6.45, 7) is 0. The number of hydrazine groups is 1. The average molecular weight is 347 g/mol. The average Bonchev–Trinajstić information content (AvgIpc) is 2.79. The Morgan fingerprint density at radius 3 is 1.96 bits per heavy atom. The third-order valence-corrected chi connectivity index (χ3v) is 4.10. The van der Waals surface area contributed by atoms with Crippen LogP contribution in [0.1, 0.15) is 31.3 Å². The molecule has 1 aromatic carbocycles. The molecule has 24 heavy (non-hydrogen) atoms. The molecule has 0 spiro atoms. The first-order valence-electron chi connectivity index (χ1n) is 6.42. The lowest BCUT2D eigenvalue weighted by Crippen LogP contribution is -2.46. The van der Waals surface area contributed by atoms with Crippen LogP contribution < -0.4 is 10.6 Å². The molecule has 0 unspecified atom stereocenters. The number of nitrogens with one attached hydrogen (secondary N) is 1. The van der Waals surface area contributed by atoms with Crippen LogP contribution in [0.4, 0.5) is 0 Å². The van der Waals surface area contributed by atoms with Gasteiger partial charge in [0.1, 0.15) is 0 Å². The van der Waals surface area contributed by atoms with E-state index in [0.29, 0.717) is 5.01 Å². The summed E-state index contributed by atoms with van der Waals surface area (Å²) in [6, 6.07) is 4.67. The van der Waals surface area contributed by atoms with Crippen LogP contribution in [-0.2, 0) is 10.0 Å². The summed E-state index contributed by atoms with van der Waals surface area (Å²) in [7, 11) is -3.89. The molecule has 3 N–H and O–H groups in total. The number of nitrogens with zero attached hydrogens (tertiary/aromatic N) is 3. The quantitative estimate of drug-likeness (QED) is 0.680. The summed E-state index contributed by atoms with van der Waals surface area (Å²) in [5.74, 6) is -2.40. The van der Waals surface area contributed by atoms with Crippen molar-refractivity contribution in [3.8, 4) is 0 Å². The van der Waals surface area contributed by atoms with Crippen molar-refractivity contribution in [2.24, 2.45) is 5.14 Å². The van der Waals surface area contributed by atoms with Gasteiger partial charge in [0.25, 0.3) is 5.91 Å². The number of rotatable bonds is 3. The fourth-order valence-corrected chi connectivity index (χ4v) is 2.53. The molecular weight excluding hydrogens is 338 g/mol. The number of primary sulfonamides is 1. The van der Waals surface area contributed by atoms with E-state index in [1.54, 1.807) is 0 Å². The van der Waals surface area contributed by atoms with Gasteiger partial charge in [0.2, 0.25) is 10.0 Å². The van der Waals surface area contributed by atoms with Crippen LogP contribution in [0.15, 0.2) is 41.6 Å². The van der Waals surface area contributed by atoms with Crippen LogP contribution in [-0.4, -0.2) is 41.1 Å². The number of imide groups is 1. The van der Waals surface area contributed by atoms with Gasteiger partial charge in [-0.15, -0.1) is 0 Å². The predicted molar refractivity (Wildman–Crippen MR) is 77.8 cm³/mol. The van der Waals surface area contributed by atoms with Crippen molar-refractivity contribution in [1.29, 1.82) is 0 Å². The Kier molecular flexibility index (Phi) is 3.58. The van der Waals surface area contributed by atoms with Gasteiger partial charge in [0, 0.05) is 18.0 Å². The summed E-state index contributed by atoms with van der Waals surface area (Å²) in [5, 5.41) is 5.46. The van der Waals surface area contributed by atoms with E-state index in [2.05, 4.69) is 15.4 Å². The predicted octanol–water partition coefficient (Wildman–Crippen LogP) is -0.935. The van der Waals surface area contributed by atoms with E-state index in [-0.39, 0.29) is 21.8 Å². The van der Waals surface area contributed by atoms with E-state index in [4.69, 9.17) is 5.14 Å². The molecule has 3 amide bonds. The Bertz CT molecular complexity index is 936. The second kappa shape index (κ2) is 5.47. The van der Waals surface area contributed by atoms with Crippen LogP contribution >= 0.6 is 0 Å². The molecule has 1 aliphatic heterocycles. The van der Waals surface area contributed by atoms with Gasteiger partial charge in [0.05, 0.1) is 4.90 Å². The number of amides is 3. The Hall–Kier alpha value is -3.18. The molecule has 0 radical (unpaired) electrons. The Balaban J connectivity index is 1.81. The fraction of sp³-hybridized carbons (Fsp3) is 0. The van der Waals surface area contributed by atoms with Crippen molar-refractivity contribution in [3.05, 3.63) is 53.6 Å². The van der Waals surface area contributed by atoms with Crippen molar-refractivity contribution in [2.45, 2.75) is 4.90 Å². The molecule has 0 bridgehead atoms. The Morgan fingerprint density at radius 2 is 1.50 bits per heavy atom. The molecule has 0 atom stereocenters. The van der Waals surface area contributed by atoms with Crippen LogP contribution in [0.5, 0.6) is 0 Å². The van der Waals surface area contributed by atoms with E-state index < -0.39 is 27.7 Å². The SMILES string of the molecule is NS(=O)(=O)c1ccc(C(=O)NN2C(=O)c3nccnc3C2=O)cc1. The van der Waals surface area contributed by atoms with Gasteiger partial charge in [0.15, 0.2) is 11.4 Å². The minimum Gasteiger partial charge on any atom is -0.267 e. The molecule has 2 heterocycles. The first-order chi connectivity index (χ1) is 11.3. The minimum absolute atomic E-state index is 0.0277. The highest BCUT2D eigenvalue weighted by molar-refractivity contribution is 7.89. The molecule has 122 valence electrons. The number of fused-ring (bicyclic) bond motifs is 1. The summed E-state index contributed by atoms with van der Waals surface area (Å²) < 4.78 is 22.3. The first-order valence-corrected chi connectivity index (χ1v) is 7.97. The van der Waals surface area contributed by atoms with Crippen molar-refractivity contribution < 1.29 is 22.8 Å². The number of benzene rings is 1. The number of sulfonamides is 1. The molecule has 0 saturated heterocycles. The van der Waals surface area contributed by atoms with Gasteiger partial charge in [-0.25, -0.2) is 23.5 Å². The maximum atomic E-state index is 12.1. The lowest BCUT2D eigenvalue weighted by atomic mass is 10.2. The molecule has 1 aromatic heterocycles. The van der Waals surface area contributed by atoms with Crippen molar-refractivity contribution in [1.82, 2.24) is 20.4 Å². The van der Waals surface area contributed by atoms with Crippen LogP contribution in [0.2, 0.25) is 0 Å². The second-order valence-electron chi connectivity index (χ2n) is 4.71. The monoisotopic (exact) mass is 347 g/mol. The molecule has 0 fully saturated rings. The Labute approximate surface area is 135 Å². The molecule has 2 aromatic rings. The topological polar surface area (TPSA) is 152 Å². The maximum Gasteiger partial charge on any atom is 0.300 e. The number of nitrogens with two attached hydrogens (primary N) is 1. The Morgan fingerprint density at radius 1 is 1.00 bits per heavy atom. The largest absolute Gasteiger partial charge is 0.300 e. The molecule has 3 rings (SSSR count). The zero-order valence-electron chi connectivity index (χ0n) is 11.8. The van der Waals surface area contributed by atoms with Crippen molar-refractivity contribution in [2.75, 3.05) is 0 Å². The number of carbonyl (C=O) groups is 3. The van der Waals surface area contributed by atoms with E-state index in [1.165, 1.54) is 24.5 Å². The smallest absolute Gasteiger partial charge is 0.267 e. The normalized spacial score (nSPS) is 13.8. The van der Waals surface area contributed by atoms with Gasteiger partial charge < -0.3 is 0 Å². The molecule has 0 saturated carbocycles. The summed E-state index contributed by atoms with van der Waals surface area (Å²) >= 11 is 0. The van der Waals surface area contributed by atoms with Crippen LogP contribution in [0.3, 0.4) is 0 Å². The van der Waals surface area contributed by atoms with E-state index >= 15 is 0 Å². The second-order valence-corrected chi connectivity index (χ2v) is 6.27. The number of carbonyl (C=O) groups excluding carboxylic acids is 3. The third-order valence-electron chi connectivity index (χ3n) is 3.17. The summed E-state index contributed by atoms with van der Waals surface area (Å²) in [5.41, 5.74) is 1.84. The summed E-state index contributed by atoms with van der Waals surface area (Å²) in [6.07, 6.45) is 2.50. The van der Waals surface area contributed by atoms with Gasteiger partial charge in [-0.3, -0.25) is 19.8 Å². The minimum atomic E-state index is -3.89. The lowest BCUT2D eigenvalue weighted by molar-refractivity contribution is 0.0515. The van der Waals surface area contributed by atoms with Gasteiger partial charge in [-0.1, -0.05) is 0 Å². The highest BCUT2D eigenvalue weighted by Crippen LogP contribution is 2.17. The van der Waals surface area contributed by atoms with Crippen molar-refractivity contribution >= 4 is 27.7 Å². The molecular formula is C13H9N5O5S. The van der Waals surface area contributed by atoms with Crippen LogP contribution in [0, 0.1) is 0 Å². The van der Waals surface area contributed by atoms with Gasteiger partial charge in [-0.05, 0) is 24.3 Å². The molecule has 0 aliphatic carbocycles. The highest BCUT2D eigenvalue weighted by Gasteiger charge is 2.39. The standard InChI is InChI=1S/C13H9N5O5S/c14-24(22,23)8-3-1-7(2-4-8)11(19)17-18-12(20)9-10(13(18)21)16-6-5-15-9/h1-6H,(H,17,19)(H2,14,22,23). The fourth-order valence-electron chi connectivity index (χ4n) is 2.02. The first kappa shape index (κ1) is 15.7. The highest BCUT2D eigenvalue weighted by atomic mass is 32.2. The van der Waals surface area contributed by atoms with Crippen molar-refractivity contribution in [3.63, 3.8) is 0 Å². The number of hydrogen-bond donors (Lipinski definition) is 2. The van der Waals surface area contributed by atoms with E-state index in [0.717, 1.165) is 12.1 Å². The zero-order chi connectivity index (χ0) is 17.5. The molecule has 10 nitrogen and oxygen atoms in total. The van der Waals surface area contributed by atoms with E-state index in [1.807, 2.05) is 0 Å². The number of hydrogen-bond acceptors (Lipinski definition) is 7. The van der Waals surface area contributed by atoms with Crippen LogP contribution in [0.25, 0.3) is 0 Å². The van der Waals surface area contributed by atoms with Gasteiger partial charge in [-0.2, -0.15) is 5.01 Å². The molecule has 11 heteroatoms. The third kappa shape index (κ3) is 2.61. The molecule has 1 aliphatic rings. The van der Waals surface area contributed by atoms with Gasteiger partial charge >= 0.3 is 11.8 Å². The maximum absolute atomic E-state index is 12.1. The zero-order valence-corrected chi connectivity index (χ0v) is 12.6. The van der Waals surface area contributed by atoms with E-state index in [9.17, 15) is 22.8 Å².